The lowest BCUT2D eigenvalue weighted by molar-refractivity contribution is 0.794. The van der Waals surface area contributed by atoms with E-state index in [9.17, 15) is 0 Å². The molecule has 1 spiro atoms. The van der Waals surface area contributed by atoms with Crippen molar-refractivity contribution < 1.29 is 0 Å². The molecule has 0 fully saturated rings. The van der Waals surface area contributed by atoms with Gasteiger partial charge in [-0.1, -0.05) is 200 Å². The molecule has 1 aromatic heterocycles. The average molecular weight is 877 g/mol. The normalized spacial score (nSPS) is 12.8. The number of rotatable bonds is 7. The predicted molar refractivity (Wildman–Crippen MR) is 288 cm³/mol. The van der Waals surface area contributed by atoms with Crippen molar-refractivity contribution in [2.24, 2.45) is 0 Å². The Morgan fingerprint density at radius 3 is 1.20 bits per heavy atom. The van der Waals surface area contributed by atoms with Gasteiger partial charge in [-0.25, -0.2) is 0 Å². The molecule has 2 nitrogen and oxygen atoms in total. The first-order chi connectivity index (χ1) is 34.2. The fourth-order valence-corrected chi connectivity index (χ4v) is 11.8. The fraction of sp³-hybridized carbons (Fsp3) is 0.0149. The van der Waals surface area contributed by atoms with Gasteiger partial charge in [-0.3, -0.25) is 0 Å². The Labute approximate surface area is 402 Å². The zero-order valence-electron chi connectivity index (χ0n) is 37.8. The Morgan fingerprint density at radius 2 is 0.681 bits per heavy atom. The minimum atomic E-state index is -0.419. The van der Waals surface area contributed by atoms with Gasteiger partial charge < -0.3 is 9.47 Å². The molecule has 0 aliphatic heterocycles. The molecule has 1 heterocycles. The van der Waals surface area contributed by atoms with Crippen molar-refractivity contribution in [2.45, 2.75) is 5.41 Å². The first-order valence-corrected chi connectivity index (χ1v) is 23.9. The summed E-state index contributed by atoms with van der Waals surface area (Å²) in [6.45, 7) is 0. The highest BCUT2D eigenvalue weighted by atomic mass is 15.1. The number of hydrogen-bond donors (Lipinski definition) is 0. The van der Waals surface area contributed by atoms with Crippen LogP contribution in [0.2, 0.25) is 0 Å². The highest BCUT2D eigenvalue weighted by Crippen LogP contribution is 2.64. The smallest absolute Gasteiger partial charge is 0.0725 e. The number of hydrogen-bond acceptors (Lipinski definition) is 1. The van der Waals surface area contributed by atoms with Crippen LogP contribution in [0.4, 0.5) is 17.1 Å². The summed E-state index contributed by atoms with van der Waals surface area (Å²) in [6.07, 6.45) is 0. The molecule has 322 valence electrons. The maximum Gasteiger partial charge on any atom is 0.0725 e. The van der Waals surface area contributed by atoms with Crippen LogP contribution in [0, 0.1) is 0 Å². The Hall–Kier alpha value is -8.98. The summed E-state index contributed by atoms with van der Waals surface area (Å²) in [5, 5.41) is 2.54. The molecular weight excluding hydrogens is 833 g/mol. The van der Waals surface area contributed by atoms with Crippen LogP contribution in [0.25, 0.3) is 83.1 Å². The Balaban J connectivity index is 0.934. The molecule has 69 heavy (non-hydrogen) atoms. The maximum absolute atomic E-state index is 2.46. The molecule has 12 aromatic rings. The molecule has 0 bridgehead atoms. The lowest BCUT2D eigenvalue weighted by Crippen LogP contribution is -2.25. The number of benzene rings is 11. The van der Waals surface area contributed by atoms with E-state index in [4.69, 9.17) is 0 Å². The lowest BCUT2D eigenvalue weighted by Gasteiger charge is -2.30. The van der Waals surface area contributed by atoms with E-state index in [0.29, 0.717) is 0 Å². The second kappa shape index (κ2) is 15.6. The van der Waals surface area contributed by atoms with Gasteiger partial charge in [0.2, 0.25) is 0 Å². The monoisotopic (exact) mass is 876 g/mol. The molecule has 11 aromatic carbocycles. The maximum atomic E-state index is 2.46. The van der Waals surface area contributed by atoms with Gasteiger partial charge in [0.05, 0.1) is 16.4 Å². The van der Waals surface area contributed by atoms with Crippen molar-refractivity contribution in [2.75, 3.05) is 4.90 Å². The minimum absolute atomic E-state index is 0.419. The summed E-state index contributed by atoms with van der Waals surface area (Å²) in [5.74, 6) is 0. The van der Waals surface area contributed by atoms with Gasteiger partial charge in [0.15, 0.2) is 0 Å². The SMILES string of the molecule is c1ccc(-c2ccc(N(c3ccc(-c4ccccc4)cc3)c3ccc(-c4ccc5c(c4)c4c6c(ccc4n5-c4ccccc4)C4(c5ccccc5-c5ccccc54)c4ccccc4-6)cc3)cc2)cc1. The highest BCUT2D eigenvalue weighted by molar-refractivity contribution is 6.19. The van der Waals surface area contributed by atoms with E-state index < -0.39 is 5.41 Å². The van der Waals surface area contributed by atoms with E-state index >= 15 is 0 Å². The van der Waals surface area contributed by atoms with Gasteiger partial charge in [-0.15, -0.1) is 0 Å². The van der Waals surface area contributed by atoms with Crippen LogP contribution in [0.1, 0.15) is 22.3 Å². The summed E-state index contributed by atoms with van der Waals surface area (Å²) < 4.78 is 2.46. The molecule has 0 amide bonds. The summed E-state index contributed by atoms with van der Waals surface area (Å²) in [6, 6.07) is 98.3. The van der Waals surface area contributed by atoms with E-state index in [-0.39, 0.29) is 0 Å². The van der Waals surface area contributed by atoms with Gasteiger partial charge in [0, 0.05) is 33.5 Å². The summed E-state index contributed by atoms with van der Waals surface area (Å²) in [4.78, 5) is 2.36. The predicted octanol–water partition coefficient (Wildman–Crippen LogP) is 17.6. The summed E-state index contributed by atoms with van der Waals surface area (Å²) in [7, 11) is 0. The van der Waals surface area contributed by atoms with E-state index in [1.807, 2.05) is 0 Å². The van der Waals surface area contributed by atoms with Crippen molar-refractivity contribution in [3.05, 3.63) is 289 Å². The second-order valence-electron chi connectivity index (χ2n) is 18.4. The number of para-hydroxylation sites is 1. The standard InChI is InChI=1S/C67H44N2/c1-4-16-45(17-5-1)47-28-35-52(36-29-47)68(53-37-30-48(31-38-53)46-18-6-2-7-19-46)54-39-32-49(33-40-54)50-34-42-63-58(44-50)66-64(69(63)51-20-8-3-9-21-51)43-41-62-65(66)57-24-12-15-27-61(57)67(62)59-25-13-10-22-55(59)56-23-11-14-26-60(56)67/h1-44H. The molecule has 2 aliphatic rings. The van der Waals surface area contributed by atoms with Crippen LogP contribution in [-0.2, 0) is 5.41 Å². The topological polar surface area (TPSA) is 8.17 Å². The molecule has 0 saturated carbocycles. The molecule has 0 N–H and O–H groups in total. The van der Waals surface area contributed by atoms with E-state index in [1.54, 1.807) is 0 Å². The van der Waals surface area contributed by atoms with E-state index in [2.05, 4.69) is 276 Å². The van der Waals surface area contributed by atoms with Gasteiger partial charge in [-0.05, 0) is 145 Å². The zero-order valence-corrected chi connectivity index (χ0v) is 37.8. The van der Waals surface area contributed by atoms with Crippen LogP contribution in [0.3, 0.4) is 0 Å². The van der Waals surface area contributed by atoms with Crippen LogP contribution in [0.15, 0.2) is 267 Å². The fourth-order valence-electron chi connectivity index (χ4n) is 11.8. The number of aromatic nitrogens is 1. The van der Waals surface area contributed by atoms with Gasteiger partial charge in [-0.2, -0.15) is 0 Å². The van der Waals surface area contributed by atoms with Gasteiger partial charge >= 0.3 is 0 Å². The van der Waals surface area contributed by atoms with Crippen molar-refractivity contribution in [3.63, 3.8) is 0 Å². The molecule has 0 atom stereocenters. The van der Waals surface area contributed by atoms with Gasteiger partial charge in [0.25, 0.3) is 0 Å². The van der Waals surface area contributed by atoms with Crippen LogP contribution < -0.4 is 4.90 Å². The first-order valence-electron chi connectivity index (χ1n) is 23.9. The minimum Gasteiger partial charge on any atom is -0.311 e. The Bertz CT molecular complexity index is 3780. The third-order valence-corrected chi connectivity index (χ3v) is 14.8. The van der Waals surface area contributed by atoms with Crippen molar-refractivity contribution in [1.82, 2.24) is 4.57 Å². The molecule has 2 heteroatoms. The zero-order chi connectivity index (χ0) is 45.5. The van der Waals surface area contributed by atoms with Crippen LogP contribution in [0.5, 0.6) is 0 Å². The lowest BCUT2D eigenvalue weighted by atomic mass is 9.70. The number of nitrogens with zero attached hydrogens (tertiary/aromatic N) is 2. The van der Waals surface area contributed by atoms with Crippen molar-refractivity contribution in [3.8, 4) is 61.3 Å². The second-order valence-corrected chi connectivity index (χ2v) is 18.4. The third kappa shape index (κ3) is 5.92. The summed E-state index contributed by atoms with van der Waals surface area (Å²) >= 11 is 0. The highest BCUT2D eigenvalue weighted by Gasteiger charge is 2.52. The van der Waals surface area contributed by atoms with Gasteiger partial charge in [0.1, 0.15) is 0 Å². The first kappa shape index (κ1) is 39.2. The molecule has 14 rings (SSSR count). The van der Waals surface area contributed by atoms with Crippen molar-refractivity contribution in [1.29, 1.82) is 0 Å². The molecule has 0 saturated heterocycles. The molecule has 2 aliphatic carbocycles. The number of anilines is 3. The average Bonchev–Trinajstić information content (AvgIpc) is 4.04. The van der Waals surface area contributed by atoms with E-state index in [1.165, 1.54) is 99.7 Å². The van der Waals surface area contributed by atoms with E-state index in [0.717, 1.165) is 22.7 Å². The van der Waals surface area contributed by atoms with Crippen LogP contribution >= 0.6 is 0 Å². The molecular formula is C67H44N2. The number of fused-ring (bicyclic) bond motifs is 14. The van der Waals surface area contributed by atoms with Crippen LogP contribution in [-0.4, -0.2) is 4.57 Å². The van der Waals surface area contributed by atoms with Crippen molar-refractivity contribution >= 4 is 38.9 Å². The Morgan fingerprint density at radius 1 is 0.290 bits per heavy atom. The summed E-state index contributed by atoms with van der Waals surface area (Å²) in [5.41, 5.74) is 24.3. The molecule has 0 radical (unpaired) electrons. The third-order valence-electron chi connectivity index (χ3n) is 14.8. The Kier molecular flexibility index (Phi) is 8.84. The quantitative estimate of drug-likeness (QED) is 0.155. The molecule has 0 unspecified atom stereocenters. The largest absolute Gasteiger partial charge is 0.311 e.